The molecule has 208 valence electrons. The van der Waals surface area contributed by atoms with Gasteiger partial charge >= 0.3 is 5.97 Å². The fraction of sp³-hybridized carbons (Fsp3) is 0.290. The number of benzene rings is 2. The van der Waals surface area contributed by atoms with Crippen LogP contribution in [0.3, 0.4) is 0 Å². The maximum Gasteiger partial charge on any atom is 0.328 e. The number of amides is 1. The van der Waals surface area contributed by atoms with Crippen LogP contribution in [-0.4, -0.2) is 45.9 Å². The van der Waals surface area contributed by atoms with E-state index in [-0.39, 0.29) is 30.3 Å². The zero-order valence-electron chi connectivity index (χ0n) is 22.4. The molecule has 2 heterocycles. The summed E-state index contributed by atoms with van der Waals surface area (Å²) in [5.74, 6) is -2.00. The Labute approximate surface area is 237 Å². The summed E-state index contributed by atoms with van der Waals surface area (Å²) < 4.78 is 4.95. The van der Waals surface area contributed by atoms with Crippen LogP contribution in [0, 0.1) is 11.8 Å². The molecular formula is C31H32ClN3O5. The number of halogens is 1. The van der Waals surface area contributed by atoms with Crippen LogP contribution in [0.1, 0.15) is 30.0 Å². The average molecular weight is 562 g/mol. The predicted octanol–water partition coefficient (Wildman–Crippen LogP) is 4.82. The molecule has 8 nitrogen and oxygen atoms in total. The topological polar surface area (TPSA) is 121 Å². The molecule has 40 heavy (non-hydrogen) atoms. The number of aromatic amines is 1. The molecule has 0 fully saturated rings. The van der Waals surface area contributed by atoms with Gasteiger partial charge in [0.15, 0.2) is 0 Å². The van der Waals surface area contributed by atoms with Gasteiger partial charge in [0.2, 0.25) is 5.91 Å². The molecule has 0 bridgehead atoms. The highest BCUT2D eigenvalue weighted by Gasteiger charge is 2.30. The zero-order valence-corrected chi connectivity index (χ0v) is 23.1. The summed E-state index contributed by atoms with van der Waals surface area (Å²) >= 11 is 6.04. The molecular weight excluding hydrogens is 530 g/mol. The third-order valence-corrected chi connectivity index (χ3v) is 7.28. The molecule has 0 unspecified atom stereocenters. The molecule has 2 aromatic heterocycles. The molecule has 0 spiro atoms. The van der Waals surface area contributed by atoms with Crippen LogP contribution in [-0.2, 0) is 38.4 Å². The van der Waals surface area contributed by atoms with Crippen molar-refractivity contribution in [1.82, 2.24) is 15.3 Å². The second-order valence-corrected chi connectivity index (χ2v) is 10.4. The van der Waals surface area contributed by atoms with Crippen LogP contribution in [0.2, 0.25) is 5.02 Å². The van der Waals surface area contributed by atoms with E-state index in [0.717, 1.165) is 27.6 Å². The summed E-state index contributed by atoms with van der Waals surface area (Å²) in [4.78, 5) is 46.7. The van der Waals surface area contributed by atoms with Gasteiger partial charge in [-0.25, -0.2) is 4.79 Å². The zero-order chi connectivity index (χ0) is 28.6. The van der Waals surface area contributed by atoms with E-state index < -0.39 is 23.8 Å². The average Bonchev–Trinajstić information content (AvgIpc) is 3.34. The van der Waals surface area contributed by atoms with Crippen LogP contribution in [0.4, 0.5) is 0 Å². The lowest BCUT2D eigenvalue weighted by Crippen LogP contribution is -2.46. The Morgan fingerprint density at radius 1 is 1.00 bits per heavy atom. The van der Waals surface area contributed by atoms with Crippen molar-refractivity contribution in [2.24, 2.45) is 11.8 Å². The molecule has 0 saturated carbocycles. The second-order valence-electron chi connectivity index (χ2n) is 9.99. The number of fused-ring (bicyclic) bond motifs is 1. The van der Waals surface area contributed by atoms with Crippen LogP contribution < -0.4 is 5.32 Å². The van der Waals surface area contributed by atoms with E-state index in [1.807, 2.05) is 25.3 Å². The number of hydrogen-bond donors (Lipinski definition) is 3. The maximum atomic E-state index is 13.6. The largest absolute Gasteiger partial charge is 0.508 e. The monoisotopic (exact) mass is 561 g/mol. The minimum atomic E-state index is -0.918. The summed E-state index contributed by atoms with van der Waals surface area (Å²) in [6, 6.07) is 14.8. The van der Waals surface area contributed by atoms with E-state index >= 15 is 0 Å². The summed E-state index contributed by atoms with van der Waals surface area (Å²) in [6.07, 6.45) is 6.04. The van der Waals surface area contributed by atoms with E-state index in [1.165, 1.54) is 7.11 Å². The fourth-order valence-corrected chi connectivity index (χ4v) is 4.89. The predicted molar refractivity (Wildman–Crippen MR) is 153 cm³/mol. The number of H-pyrrole nitrogens is 1. The Hall–Kier alpha value is -4.17. The number of phenols is 1. The summed E-state index contributed by atoms with van der Waals surface area (Å²) in [7, 11) is 1.27. The maximum absolute atomic E-state index is 13.6. The number of phenolic OH excluding ortho intramolecular Hbond substituents is 1. The standard InChI is InChI=1S/C31H32ClN3O5/c1-19(13-23-18-34-27-8-7-25(36)17-26(23)27)29(37)16-22(14-20-3-5-24(32)6-4-20)30(38)35-28(31(39)40-2)15-21-9-11-33-12-10-21/h3-12,17-19,22,28,34,36H,13-16H2,1-2H3,(H,35,38)/t19-,22+,28-/m0/s1. The van der Waals surface area contributed by atoms with Crippen LogP contribution in [0.5, 0.6) is 5.75 Å². The van der Waals surface area contributed by atoms with Gasteiger partial charge in [-0.2, -0.15) is 0 Å². The van der Waals surface area contributed by atoms with Crippen LogP contribution in [0.15, 0.2) is 73.2 Å². The molecule has 3 atom stereocenters. The lowest BCUT2D eigenvalue weighted by atomic mass is 9.87. The van der Waals surface area contributed by atoms with Crippen molar-refractivity contribution in [2.75, 3.05) is 7.11 Å². The first kappa shape index (κ1) is 28.8. The van der Waals surface area contributed by atoms with Crippen LogP contribution >= 0.6 is 11.6 Å². The number of Topliss-reactive ketones (excluding diaryl/α,β-unsaturated/α-hetero) is 1. The molecule has 0 radical (unpaired) electrons. The molecule has 4 rings (SSSR count). The normalized spacial score (nSPS) is 13.4. The number of rotatable bonds is 12. The first-order chi connectivity index (χ1) is 19.2. The number of ether oxygens (including phenoxy) is 1. The van der Waals surface area contributed by atoms with E-state index in [4.69, 9.17) is 16.3 Å². The fourth-order valence-electron chi connectivity index (χ4n) is 4.77. The van der Waals surface area contributed by atoms with E-state index in [9.17, 15) is 19.5 Å². The molecule has 0 aliphatic carbocycles. The third-order valence-electron chi connectivity index (χ3n) is 7.03. The van der Waals surface area contributed by atoms with Crippen molar-refractivity contribution in [3.05, 3.63) is 94.9 Å². The molecule has 0 aliphatic heterocycles. The first-order valence-corrected chi connectivity index (χ1v) is 13.4. The van der Waals surface area contributed by atoms with Gasteiger partial charge in [-0.1, -0.05) is 30.7 Å². The number of aromatic hydroxyl groups is 1. The van der Waals surface area contributed by atoms with E-state index in [0.29, 0.717) is 17.9 Å². The van der Waals surface area contributed by atoms with Gasteiger partial charge in [-0.3, -0.25) is 14.6 Å². The Balaban J connectivity index is 1.51. The Kier molecular flexibility index (Phi) is 9.56. The number of esters is 1. The number of pyridine rings is 1. The lowest BCUT2D eigenvalue weighted by molar-refractivity contribution is -0.145. The van der Waals surface area contributed by atoms with Gasteiger partial charge in [0, 0.05) is 59.2 Å². The van der Waals surface area contributed by atoms with Gasteiger partial charge in [0.25, 0.3) is 0 Å². The second kappa shape index (κ2) is 13.3. The molecule has 1 amide bonds. The van der Waals surface area contributed by atoms with Crippen molar-refractivity contribution < 1.29 is 24.2 Å². The van der Waals surface area contributed by atoms with E-state index in [1.54, 1.807) is 54.9 Å². The molecule has 2 aromatic carbocycles. The Morgan fingerprint density at radius 3 is 2.40 bits per heavy atom. The number of hydrogen-bond acceptors (Lipinski definition) is 6. The number of carbonyl (C=O) groups excluding carboxylic acids is 3. The van der Waals surface area contributed by atoms with Crippen molar-refractivity contribution in [1.29, 1.82) is 0 Å². The number of methoxy groups -OCH3 is 1. The number of carbonyl (C=O) groups is 3. The molecule has 0 saturated heterocycles. The number of ketones is 1. The third kappa shape index (κ3) is 7.48. The summed E-state index contributed by atoms with van der Waals surface area (Å²) in [6.45, 7) is 1.84. The van der Waals surface area contributed by atoms with Crippen molar-refractivity contribution in [2.45, 2.75) is 38.6 Å². The SMILES string of the molecule is COC(=O)[C@H](Cc1ccncc1)NC(=O)[C@@H](CC(=O)[C@@H](C)Cc1c[nH]c2ccc(O)cc12)Cc1ccc(Cl)cc1. The van der Waals surface area contributed by atoms with Crippen molar-refractivity contribution >= 4 is 40.2 Å². The van der Waals surface area contributed by atoms with Gasteiger partial charge < -0.3 is 20.1 Å². The summed E-state index contributed by atoms with van der Waals surface area (Å²) in [5, 5.41) is 14.2. The molecule has 0 aliphatic rings. The first-order valence-electron chi connectivity index (χ1n) is 13.1. The van der Waals surface area contributed by atoms with E-state index in [2.05, 4.69) is 15.3 Å². The molecule has 9 heteroatoms. The number of nitrogens with zero attached hydrogens (tertiary/aromatic N) is 1. The summed E-state index contributed by atoms with van der Waals surface area (Å²) in [5.41, 5.74) is 3.44. The number of aromatic nitrogens is 2. The Morgan fingerprint density at radius 2 is 1.70 bits per heavy atom. The number of nitrogens with one attached hydrogen (secondary N) is 2. The highest BCUT2D eigenvalue weighted by atomic mass is 35.5. The van der Waals surface area contributed by atoms with Gasteiger partial charge in [0.1, 0.15) is 17.6 Å². The molecule has 4 aromatic rings. The van der Waals surface area contributed by atoms with Crippen molar-refractivity contribution in [3.8, 4) is 5.75 Å². The molecule has 3 N–H and O–H groups in total. The highest BCUT2D eigenvalue weighted by Crippen LogP contribution is 2.26. The lowest BCUT2D eigenvalue weighted by Gasteiger charge is -2.22. The van der Waals surface area contributed by atoms with Gasteiger partial charge in [0.05, 0.1) is 7.11 Å². The smallest absolute Gasteiger partial charge is 0.328 e. The Bertz CT molecular complexity index is 1470. The highest BCUT2D eigenvalue weighted by molar-refractivity contribution is 6.30. The van der Waals surface area contributed by atoms with Gasteiger partial charge in [-0.05, 0) is 72.0 Å². The van der Waals surface area contributed by atoms with Gasteiger partial charge in [-0.15, -0.1) is 0 Å². The minimum Gasteiger partial charge on any atom is -0.508 e. The van der Waals surface area contributed by atoms with Crippen LogP contribution in [0.25, 0.3) is 10.9 Å². The minimum absolute atomic E-state index is 0.00756. The quantitative estimate of drug-likeness (QED) is 0.213. The van der Waals surface area contributed by atoms with Crippen molar-refractivity contribution in [3.63, 3.8) is 0 Å².